The van der Waals surface area contributed by atoms with Crippen molar-refractivity contribution in [3.63, 3.8) is 0 Å². The molecule has 2 amide bonds. The Kier molecular flexibility index (Phi) is 15.7. The van der Waals surface area contributed by atoms with Crippen molar-refractivity contribution < 1.29 is 43.0 Å². The zero-order valence-corrected chi connectivity index (χ0v) is 35.6. The van der Waals surface area contributed by atoms with Crippen molar-refractivity contribution in [2.45, 2.75) is 149 Å². The Morgan fingerprint density at radius 2 is 1.61 bits per heavy atom. The Labute approximate surface area is 348 Å². The maximum atomic E-state index is 15.0. The molecule has 3 aliphatic rings. The van der Waals surface area contributed by atoms with Crippen molar-refractivity contribution in [3.8, 4) is 5.75 Å². The molecule has 2 aromatic rings. The second-order valence-electron chi connectivity index (χ2n) is 18.1. The minimum absolute atomic E-state index is 0.0373. The van der Waals surface area contributed by atoms with E-state index in [2.05, 4.69) is 15.3 Å². The lowest BCUT2D eigenvalue weighted by molar-refractivity contribution is -0.147. The minimum Gasteiger partial charge on any atom is -0.488 e. The summed E-state index contributed by atoms with van der Waals surface area (Å²) in [5.41, 5.74) is -0.294. The molecule has 0 spiro atoms. The van der Waals surface area contributed by atoms with E-state index in [1.165, 1.54) is 23.5 Å². The third kappa shape index (κ3) is 12.6. The van der Waals surface area contributed by atoms with Crippen LogP contribution in [0, 0.1) is 29.1 Å². The Hall–Kier alpha value is -4.81. The molecule has 13 heteroatoms. The third-order valence-electron chi connectivity index (χ3n) is 11.9. The molecule has 1 aromatic carbocycles. The van der Waals surface area contributed by atoms with Crippen LogP contribution in [-0.4, -0.2) is 86.6 Å². The van der Waals surface area contributed by atoms with Crippen LogP contribution in [0.4, 0.5) is 0 Å². The van der Waals surface area contributed by atoms with Gasteiger partial charge in [0, 0.05) is 49.9 Å². The predicted octanol–water partition coefficient (Wildman–Crippen LogP) is 6.70. The van der Waals surface area contributed by atoms with Crippen LogP contribution < -0.4 is 10.1 Å². The van der Waals surface area contributed by atoms with Gasteiger partial charge in [0.2, 0.25) is 11.7 Å². The van der Waals surface area contributed by atoms with Crippen molar-refractivity contribution in [1.29, 1.82) is 0 Å². The fourth-order valence-corrected chi connectivity index (χ4v) is 8.39. The predicted molar refractivity (Wildman–Crippen MR) is 219 cm³/mol. The average molecular weight is 815 g/mol. The molecule has 320 valence electrons. The topological polar surface area (TPSA) is 179 Å². The van der Waals surface area contributed by atoms with Gasteiger partial charge in [-0.25, -0.2) is 9.78 Å². The number of nitrogens with one attached hydrogen (secondary N) is 1. The van der Waals surface area contributed by atoms with Crippen LogP contribution in [0.25, 0.3) is 0 Å². The highest BCUT2D eigenvalue weighted by atomic mass is 16.5. The van der Waals surface area contributed by atoms with Crippen LogP contribution in [0.5, 0.6) is 5.75 Å². The summed E-state index contributed by atoms with van der Waals surface area (Å²) in [5.74, 6) is -4.06. The number of carbonyl (C=O) groups excluding carboxylic acids is 7. The van der Waals surface area contributed by atoms with Crippen molar-refractivity contribution >= 4 is 40.9 Å². The molecule has 2 heterocycles. The molecule has 5 rings (SSSR count). The lowest BCUT2D eigenvalue weighted by Crippen LogP contribution is -2.51. The number of ketones is 4. The van der Waals surface area contributed by atoms with E-state index in [4.69, 9.17) is 9.47 Å². The Morgan fingerprint density at radius 1 is 0.915 bits per heavy atom. The summed E-state index contributed by atoms with van der Waals surface area (Å²) in [6.07, 6.45) is 10.5. The number of benzene rings is 1. The molecule has 0 unspecified atom stereocenters. The molecule has 5 atom stereocenters. The van der Waals surface area contributed by atoms with E-state index in [1.807, 2.05) is 27.7 Å². The van der Waals surface area contributed by atoms with Gasteiger partial charge in [0.05, 0.1) is 36.5 Å². The minimum atomic E-state index is -0.969. The molecule has 3 fully saturated rings. The number of amides is 2. The summed E-state index contributed by atoms with van der Waals surface area (Å²) in [6.45, 7) is 11.1. The first-order valence-corrected chi connectivity index (χ1v) is 21.5. The van der Waals surface area contributed by atoms with Gasteiger partial charge in [-0.15, -0.1) is 0 Å². The fourth-order valence-electron chi connectivity index (χ4n) is 8.39. The van der Waals surface area contributed by atoms with E-state index < -0.39 is 64.8 Å². The van der Waals surface area contributed by atoms with Crippen LogP contribution in [-0.2, 0) is 28.7 Å². The van der Waals surface area contributed by atoms with E-state index >= 15 is 0 Å². The van der Waals surface area contributed by atoms with Crippen LogP contribution in [0.1, 0.15) is 146 Å². The number of ether oxygens (including phenoxy) is 2. The summed E-state index contributed by atoms with van der Waals surface area (Å²) in [6, 6.07) is 4.64. The zero-order chi connectivity index (χ0) is 42.9. The molecule has 0 bridgehead atoms. The number of carbonyl (C=O) groups is 7. The van der Waals surface area contributed by atoms with Gasteiger partial charge < -0.3 is 19.7 Å². The average Bonchev–Trinajstić information content (AvgIpc) is 3.93. The first kappa shape index (κ1) is 45.3. The largest absolute Gasteiger partial charge is 0.488 e. The van der Waals surface area contributed by atoms with E-state index in [-0.39, 0.29) is 67.4 Å². The lowest BCUT2D eigenvalue weighted by atomic mass is 9.74. The molecule has 0 radical (unpaired) electrons. The van der Waals surface area contributed by atoms with Gasteiger partial charge in [-0.05, 0) is 87.5 Å². The number of nitrogens with zero attached hydrogens (tertiary/aromatic N) is 3. The fraction of sp³-hybridized carbons (Fsp3) is 0.630. The SMILES string of the molecule is CCC[C@H](CC(=O)[C@@H]1C[C@@H](Oc2ccc(C(=O)OC(C)C)cc2)CN1C(=O)[C@@H](CC(=O)[C@@H](NC(=O)c1cnccn1)C1CCCCC1)C(C)(C)C)C(=O)C(=O)CC1CC1. The van der Waals surface area contributed by atoms with E-state index in [0.717, 1.165) is 44.9 Å². The van der Waals surface area contributed by atoms with Crippen LogP contribution in [0.15, 0.2) is 42.9 Å². The van der Waals surface area contributed by atoms with E-state index in [9.17, 15) is 33.6 Å². The molecule has 1 N–H and O–H groups in total. The maximum Gasteiger partial charge on any atom is 0.338 e. The number of Topliss-reactive ketones (excluding diaryl/α,β-unsaturated/α-hetero) is 4. The summed E-state index contributed by atoms with van der Waals surface area (Å²) in [4.78, 5) is 106. The lowest BCUT2D eigenvalue weighted by Gasteiger charge is -2.36. The molecule has 2 saturated carbocycles. The highest BCUT2D eigenvalue weighted by Crippen LogP contribution is 2.37. The molecule has 1 aliphatic heterocycles. The van der Waals surface area contributed by atoms with Gasteiger partial charge in [-0.2, -0.15) is 0 Å². The van der Waals surface area contributed by atoms with Gasteiger partial charge in [0.15, 0.2) is 17.3 Å². The quantitative estimate of drug-likeness (QED) is 0.111. The highest BCUT2D eigenvalue weighted by Gasteiger charge is 2.47. The van der Waals surface area contributed by atoms with E-state index in [1.54, 1.807) is 38.1 Å². The highest BCUT2D eigenvalue weighted by molar-refractivity contribution is 6.38. The molecular formula is C46H62N4O9. The molecule has 1 saturated heterocycles. The van der Waals surface area contributed by atoms with Crippen LogP contribution in [0.2, 0.25) is 0 Å². The number of esters is 1. The third-order valence-corrected chi connectivity index (χ3v) is 11.9. The standard InChI is InChI=1S/C46H62N4O9/c1-7-11-32(42(54)40(53)22-29-14-15-29)23-38(51)37-24-34(59-33-18-16-31(17-19-33)45(57)58-28(2)3)27-50(37)44(56)35(46(4,5)6)25-39(52)41(30-12-9-8-10-13-30)49-43(55)36-26-47-20-21-48-36/h16-21,26,28-30,32,34-35,37,41H,7-15,22-25,27H2,1-6H3,(H,49,55)/t32-,34-,35-,37+,41+/m1/s1. The molecule has 2 aliphatic carbocycles. The Bertz CT molecular complexity index is 1810. The number of hydrogen-bond donors (Lipinski definition) is 1. The van der Waals surface area contributed by atoms with Gasteiger partial charge in [0.25, 0.3) is 5.91 Å². The Morgan fingerprint density at radius 3 is 2.20 bits per heavy atom. The monoisotopic (exact) mass is 814 g/mol. The first-order valence-electron chi connectivity index (χ1n) is 21.5. The molecule has 13 nitrogen and oxygen atoms in total. The summed E-state index contributed by atoms with van der Waals surface area (Å²) in [5, 5.41) is 2.94. The number of hydrogen-bond acceptors (Lipinski definition) is 11. The number of aromatic nitrogens is 2. The smallest absolute Gasteiger partial charge is 0.338 e. The van der Waals surface area contributed by atoms with Gasteiger partial charge in [0.1, 0.15) is 17.5 Å². The second kappa shape index (κ2) is 20.4. The van der Waals surface area contributed by atoms with Crippen molar-refractivity contribution in [2.75, 3.05) is 6.54 Å². The van der Waals surface area contributed by atoms with Crippen molar-refractivity contribution in [3.05, 3.63) is 54.1 Å². The summed E-state index contributed by atoms with van der Waals surface area (Å²) < 4.78 is 11.6. The molecular weight excluding hydrogens is 753 g/mol. The first-order chi connectivity index (χ1) is 28.0. The van der Waals surface area contributed by atoms with Gasteiger partial charge >= 0.3 is 5.97 Å². The summed E-state index contributed by atoms with van der Waals surface area (Å²) in [7, 11) is 0. The van der Waals surface area contributed by atoms with Crippen LogP contribution >= 0.6 is 0 Å². The number of rotatable bonds is 20. The molecule has 59 heavy (non-hydrogen) atoms. The maximum absolute atomic E-state index is 15.0. The van der Waals surface area contributed by atoms with Gasteiger partial charge in [-0.3, -0.25) is 33.8 Å². The van der Waals surface area contributed by atoms with Gasteiger partial charge in [-0.1, -0.05) is 53.4 Å². The van der Waals surface area contributed by atoms with Crippen LogP contribution in [0.3, 0.4) is 0 Å². The second-order valence-corrected chi connectivity index (χ2v) is 18.1. The normalized spacial score (nSPS) is 20.0. The van der Waals surface area contributed by atoms with Crippen molar-refractivity contribution in [2.24, 2.45) is 29.1 Å². The molecule has 1 aromatic heterocycles. The number of likely N-dealkylation sites (tertiary alicyclic amines) is 1. The Balaban J connectivity index is 1.40. The zero-order valence-electron chi connectivity index (χ0n) is 35.6. The van der Waals surface area contributed by atoms with E-state index in [0.29, 0.717) is 24.2 Å². The summed E-state index contributed by atoms with van der Waals surface area (Å²) >= 11 is 0. The van der Waals surface area contributed by atoms with Crippen molar-refractivity contribution in [1.82, 2.24) is 20.2 Å².